The van der Waals surface area contributed by atoms with Crippen molar-refractivity contribution in [1.29, 1.82) is 5.26 Å². The van der Waals surface area contributed by atoms with E-state index in [-0.39, 0.29) is 24.5 Å². The molecule has 0 fully saturated rings. The van der Waals surface area contributed by atoms with E-state index in [1.54, 1.807) is 12.1 Å². The van der Waals surface area contributed by atoms with Crippen molar-refractivity contribution in [2.24, 2.45) is 0 Å². The number of benzene rings is 1. The summed E-state index contributed by atoms with van der Waals surface area (Å²) in [4.78, 5) is 10.6. The van der Waals surface area contributed by atoms with Gasteiger partial charge in [0, 0.05) is 12.3 Å². The van der Waals surface area contributed by atoms with Crippen molar-refractivity contribution in [3.63, 3.8) is 0 Å². The standard InChI is InChI=1S/C11H11NO3/c12-6-5-9(7-11(14)15)8-1-3-10(13)4-2-8/h1-4,9,13H,5,7H2,(H,14,15). The number of carbonyl (C=O) groups is 1. The summed E-state index contributed by atoms with van der Waals surface area (Å²) in [7, 11) is 0. The van der Waals surface area contributed by atoms with E-state index in [1.807, 2.05) is 6.07 Å². The van der Waals surface area contributed by atoms with Crippen LogP contribution in [0.25, 0.3) is 0 Å². The lowest BCUT2D eigenvalue weighted by atomic mass is 9.93. The van der Waals surface area contributed by atoms with Crippen molar-refractivity contribution in [1.82, 2.24) is 0 Å². The number of aromatic hydroxyl groups is 1. The molecule has 0 saturated carbocycles. The van der Waals surface area contributed by atoms with Gasteiger partial charge in [-0.3, -0.25) is 4.79 Å². The summed E-state index contributed by atoms with van der Waals surface area (Å²) in [5, 5.41) is 26.3. The van der Waals surface area contributed by atoms with Gasteiger partial charge in [0.2, 0.25) is 0 Å². The number of phenols is 1. The summed E-state index contributed by atoms with van der Waals surface area (Å²) < 4.78 is 0. The van der Waals surface area contributed by atoms with Gasteiger partial charge < -0.3 is 10.2 Å². The highest BCUT2D eigenvalue weighted by atomic mass is 16.4. The summed E-state index contributed by atoms with van der Waals surface area (Å²) in [6, 6.07) is 8.21. The molecule has 0 amide bonds. The van der Waals surface area contributed by atoms with Crippen molar-refractivity contribution >= 4 is 5.97 Å². The molecule has 0 aliphatic rings. The maximum Gasteiger partial charge on any atom is 0.303 e. The Bertz CT molecular complexity index is 378. The summed E-state index contributed by atoms with van der Waals surface area (Å²) in [6.07, 6.45) is 0.0927. The van der Waals surface area contributed by atoms with Crippen LogP contribution in [-0.4, -0.2) is 16.2 Å². The number of rotatable bonds is 4. The smallest absolute Gasteiger partial charge is 0.303 e. The van der Waals surface area contributed by atoms with Crippen LogP contribution in [0.5, 0.6) is 5.75 Å². The van der Waals surface area contributed by atoms with Crippen molar-refractivity contribution in [3.8, 4) is 11.8 Å². The quantitative estimate of drug-likeness (QED) is 0.786. The molecule has 1 rings (SSSR count). The Morgan fingerprint density at radius 3 is 2.47 bits per heavy atom. The third kappa shape index (κ3) is 3.31. The van der Waals surface area contributed by atoms with E-state index in [0.29, 0.717) is 0 Å². The maximum absolute atomic E-state index is 10.6. The van der Waals surface area contributed by atoms with E-state index >= 15 is 0 Å². The van der Waals surface area contributed by atoms with Gasteiger partial charge in [-0.1, -0.05) is 12.1 Å². The first-order chi connectivity index (χ1) is 7.13. The molecule has 1 unspecified atom stereocenters. The lowest BCUT2D eigenvalue weighted by molar-refractivity contribution is -0.137. The SMILES string of the molecule is N#CCC(CC(=O)O)c1ccc(O)cc1. The molecule has 4 nitrogen and oxygen atoms in total. The molecule has 0 aromatic heterocycles. The molecule has 2 N–H and O–H groups in total. The van der Waals surface area contributed by atoms with Crippen molar-refractivity contribution in [3.05, 3.63) is 29.8 Å². The van der Waals surface area contributed by atoms with Crippen LogP contribution in [0.1, 0.15) is 24.3 Å². The highest BCUT2D eigenvalue weighted by molar-refractivity contribution is 5.68. The maximum atomic E-state index is 10.6. The van der Waals surface area contributed by atoms with Gasteiger partial charge in [0.15, 0.2) is 0 Å². The monoisotopic (exact) mass is 205 g/mol. The number of hydrogen-bond donors (Lipinski definition) is 2. The highest BCUT2D eigenvalue weighted by Crippen LogP contribution is 2.24. The molecule has 4 heteroatoms. The van der Waals surface area contributed by atoms with Crippen LogP contribution >= 0.6 is 0 Å². The Balaban J connectivity index is 2.84. The molecule has 0 saturated heterocycles. The molecule has 0 heterocycles. The van der Waals surface area contributed by atoms with E-state index in [1.165, 1.54) is 12.1 Å². The molecule has 1 aromatic rings. The molecule has 1 aromatic carbocycles. The fourth-order valence-corrected chi connectivity index (χ4v) is 1.38. The lowest BCUT2D eigenvalue weighted by Gasteiger charge is -2.11. The van der Waals surface area contributed by atoms with Crippen LogP contribution in [0, 0.1) is 11.3 Å². The molecular formula is C11H11NO3. The number of phenolic OH excluding ortho intramolecular Hbond substituents is 1. The predicted octanol–water partition coefficient (Wildman–Crippen LogP) is 1.86. The zero-order chi connectivity index (χ0) is 11.3. The summed E-state index contributed by atoms with van der Waals surface area (Å²) in [5.74, 6) is -1.11. The average molecular weight is 205 g/mol. The summed E-state index contributed by atoms with van der Waals surface area (Å²) >= 11 is 0. The minimum Gasteiger partial charge on any atom is -0.508 e. The fraction of sp³-hybridized carbons (Fsp3) is 0.273. The fourth-order valence-electron chi connectivity index (χ4n) is 1.38. The van der Waals surface area contributed by atoms with Gasteiger partial charge in [0.05, 0.1) is 12.5 Å². The van der Waals surface area contributed by atoms with Gasteiger partial charge in [-0.15, -0.1) is 0 Å². The topological polar surface area (TPSA) is 81.3 Å². The summed E-state index contributed by atoms with van der Waals surface area (Å²) in [5.41, 5.74) is 0.761. The van der Waals surface area contributed by atoms with Crippen LogP contribution < -0.4 is 0 Å². The summed E-state index contributed by atoms with van der Waals surface area (Å²) in [6.45, 7) is 0. The Labute approximate surface area is 87.4 Å². The Kier molecular flexibility index (Phi) is 3.69. The molecule has 0 aliphatic carbocycles. The van der Waals surface area contributed by atoms with Crippen LogP contribution in [0.15, 0.2) is 24.3 Å². The van der Waals surface area contributed by atoms with Crippen LogP contribution in [0.2, 0.25) is 0 Å². The number of carboxylic acid groups (broad SMARTS) is 1. The second-order valence-corrected chi connectivity index (χ2v) is 3.25. The van der Waals surface area contributed by atoms with Gasteiger partial charge >= 0.3 is 5.97 Å². The first-order valence-electron chi connectivity index (χ1n) is 4.51. The van der Waals surface area contributed by atoms with Crippen molar-refractivity contribution in [2.45, 2.75) is 18.8 Å². The molecular weight excluding hydrogens is 194 g/mol. The number of nitriles is 1. The number of aliphatic carboxylic acids is 1. The molecule has 0 spiro atoms. The Morgan fingerprint density at radius 1 is 1.40 bits per heavy atom. The molecule has 78 valence electrons. The molecule has 1 atom stereocenters. The second kappa shape index (κ2) is 5.01. The Morgan fingerprint density at radius 2 is 2.00 bits per heavy atom. The zero-order valence-corrected chi connectivity index (χ0v) is 8.05. The predicted molar refractivity (Wildman–Crippen MR) is 53.3 cm³/mol. The first-order valence-corrected chi connectivity index (χ1v) is 4.51. The van der Waals surface area contributed by atoms with Crippen LogP contribution in [0.4, 0.5) is 0 Å². The van der Waals surface area contributed by atoms with Gasteiger partial charge in [-0.05, 0) is 17.7 Å². The minimum absolute atomic E-state index is 0.0711. The lowest BCUT2D eigenvalue weighted by Crippen LogP contribution is -2.05. The second-order valence-electron chi connectivity index (χ2n) is 3.25. The molecule has 0 aliphatic heterocycles. The van der Waals surface area contributed by atoms with Gasteiger partial charge in [0.1, 0.15) is 5.75 Å². The number of hydrogen-bond acceptors (Lipinski definition) is 3. The highest BCUT2D eigenvalue weighted by Gasteiger charge is 2.15. The number of nitrogens with zero attached hydrogens (tertiary/aromatic N) is 1. The van der Waals surface area contributed by atoms with Crippen molar-refractivity contribution < 1.29 is 15.0 Å². The van der Waals surface area contributed by atoms with E-state index in [9.17, 15) is 4.79 Å². The molecule has 0 radical (unpaired) electrons. The normalized spacial score (nSPS) is 11.7. The third-order valence-corrected chi connectivity index (χ3v) is 2.12. The molecule has 0 bridgehead atoms. The first kappa shape index (κ1) is 11.1. The van der Waals surface area contributed by atoms with Crippen LogP contribution in [-0.2, 0) is 4.79 Å². The molecule has 15 heavy (non-hydrogen) atoms. The largest absolute Gasteiger partial charge is 0.508 e. The average Bonchev–Trinajstić information content (AvgIpc) is 2.17. The third-order valence-electron chi connectivity index (χ3n) is 2.12. The van der Waals surface area contributed by atoms with E-state index in [4.69, 9.17) is 15.5 Å². The van der Waals surface area contributed by atoms with E-state index < -0.39 is 5.97 Å². The zero-order valence-electron chi connectivity index (χ0n) is 8.05. The number of carboxylic acids is 1. The van der Waals surface area contributed by atoms with Crippen LogP contribution in [0.3, 0.4) is 0 Å². The Hall–Kier alpha value is -2.02. The van der Waals surface area contributed by atoms with Gasteiger partial charge in [-0.25, -0.2) is 0 Å². The minimum atomic E-state index is -0.927. The van der Waals surface area contributed by atoms with E-state index in [0.717, 1.165) is 5.56 Å². The van der Waals surface area contributed by atoms with Gasteiger partial charge in [0.25, 0.3) is 0 Å². The van der Waals surface area contributed by atoms with E-state index in [2.05, 4.69) is 0 Å². The van der Waals surface area contributed by atoms with Gasteiger partial charge in [-0.2, -0.15) is 5.26 Å². The van der Waals surface area contributed by atoms with Crippen molar-refractivity contribution in [2.75, 3.05) is 0 Å².